The largest absolute Gasteiger partial charge is 0.316 e. The molecule has 0 spiro atoms. The van der Waals surface area contributed by atoms with Gasteiger partial charge in [0.25, 0.3) is 0 Å². The minimum Gasteiger partial charge on any atom is -0.316 e. The van der Waals surface area contributed by atoms with E-state index in [1.807, 2.05) is 30.3 Å². The summed E-state index contributed by atoms with van der Waals surface area (Å²) >= 11 is 3.31. The number of rotatable bonds is 7. The lowest BCUT2D eigenvalue weighted by molar-refractivity contribution is -0.116. The lowest BCUT2D eigenvalue weighted by atomic mass is 10.0. The van der Waals surface area contributed by atoms with E-state index in [1.165, 1.54) is 25.7 Å². The Kier molecular flexibility index (Phi) is 6.32. The first kappa shape index (κ1) is 17.5. The molecule has 1 aromatic carbocycles. The molecule has 3 nitrogen and oxygen atoms in total. The maximum atomic E-state index is 12.4. The van der Waals surface area contributed by atoms with Crippen LogP contribution in [0.1, 0.15) is 45.4 Å². The maximum Gasteiger partial charge on any atom is 0.225 e. The first-order valence-electron chi connectivity index (χ1n) is 8.75. The molecule has 24 heavy (non-hydrogen) atoms. The third kappa shape index (κ3) is 4.61. The van der Waals surface area contributed by atoms with Gasteiger partial charge in [-0.05, 0) is 18.1 Å². The summed E-state index contributed by atoms with van der Waals surface area (Å²) in [4.78, 5) is 17.1. The van der Waals surface area contributed by atoms with Gasteiger partial charge in [-0.25, -0.2) is 4.98 Å². The van der Waals surface area contributed by atoms with Crippen LogP contribution < -0.4 is 5.32 Å². The molecular weight excluding hydrogens is 336 g/mol. The van der Waals surface area contributed by atoms with Crippen molar-refractivity contribution < 1.29 is 4.79 Å². The van der Waals surface area contributed by atoms with Gasteiger partial charge < -0.3 is 5.32 Å². The summed E-state index contributed by atoms with van der Waals surface area (Å²) in [5.74, 6) is 1.85. The fourth-order valence-electron chi connectivity index (χ4n) is 3.19. The molecule has 128 valence electrons. The van der Waals surface area contributed by atoms with Crippen molar-refractivity contribution in [3.63, 3.8) is 0 Å². The average Bonchev–Trinajstić information content (AvgIpc) is 3.24. The van der Waals surface area contributed by atoms with Crippen molar-refractivity contribution in [2.24, 2.45) is 5.92 Å². The summed E-state index contributed by atoms with van der Waals surface area (Å²) in [7, 11) is 0. The van der Waals surface area contributed by atoms with Crippen LogP contribution in [-0.4, -0.2) is 16.6 Å². The van der Waals surface area contributed by atoms with Gasteiger partial charge in [0.05, 0.1) is 0 Å². The minimum atomic E-state index is 0.121. The number of carbonyl (C=O) groups excluding carboxylic acids is 1. The molecule has 5 heteroatoms. The van der Waals surface area contributed by atoms with Crippen LogP contribution >= 0.6 is 23.1 Å². The van der Waals surface area contributed by atoms with Gasteiger partial charge in [0.1, 0.15) is 10.7 Å². The second-order valence-corrected chi connectivity index (χ2v) is 8.70. The smallest absolute Gasteiger partial charge is 0.225 e. The number of nitrogens with one attached hydrogen (secondary N) is 1. The second-order valence-electron chi connectivity index (χ2n) is 6.19. The molecule has 1 aromatic heterocycles. The standard InChI is InChI=1S/C19H24N2OS2/c1-2-23-19-21-17(15-10-4-3-5-11-15)18(24-19)20-16(22)13-12-14-8-6-7-9-14/h3-5,10-11,14H,2,6-9,12-13H2,1H3,(H,20,22). The van der Waals surface area contributed by atoms with Crippen LogP contribution in [0.15, 0.2) is 34.7 Å². The third-order valence-electron chi connectivity index (χ3n) is 4.43. The van der Waals surface area contributed by atoms with E-state index in [9.17, 15) is 4.79 Å². The third-order valence-corrected chi connectivity index (χ3v) is 6.43. The lowest BCUT2D eigenvalue weighted by Gasteiger charge is -2.09. The summed E-state index contributed by atoms with van der Waals surface area (Å²) < 4.78 is 1.02. The number of nitrogens with zero attached hydrogens (tertiary/aromatic N) is 1. The van der Waals surface area contributed by atoms with Gasteiger partial charge in [0, 0.05) is 12.0 Å². The summed E-state index contributed by atoms with van der Waals surface area (Å²) in [6.07, 6.45) is 6.88. The van der Waals surface area contributed by atoms with Crippen LogP contribution in [0.3, 0.4) is 0 Å². The summed E-state index contributed by atoms with van der Waals surface area (Å²) in [5, 5.41) is 4.00. The van der Waals surface area contributed by atoms with Crippen molar-refractivity contribution >= 4 is 34.0 Å². The molecular formula is C19H24N2OS2. The van der Waals surface area contributed by atoms with E-state index in [0.717, 1.165) is 38.7 Å². The highest BCUT2D eigenvalue weighted by molar-refractivity contribution is 8.01. The fourth-order valence-corrected chi connectivity index (χ4v) is 5.16. The number of anilines is 1. The molecule has 1 fully saturated rings. The number of amides is 1. The van der Waals surface area contributed by atoms with Crippen LogP contribution in [-0.2, 0) is 4.79 Å². The van der Waals surface area contributed by atoms with Crippen molar-refractivity contribution in [1.29, 1.82) is 0 Å². The average molecular weight is 361 g/mol. The maximum absolute atomic E-state index is 12.4. The number of benzene rings is 1. The molecule has 1 heterocycles. The summed E-state index contributed by atoms with van der Waals surface area (Å²) in [6, 6.07) is 10.1. The monoisotopic (exact) mass is 360 g/mol. The molecule has 0 saturated heterocycles. The summed E-state index contributed by atoms with van der Waals surface area (Å²) in [6.45, 7) is 2.12. The summed E-state index contributed by atoms with van der Waals surface area (Å²) in [5.41, 5.74) is 1.95. The molecule has 2 aromatic rings. The van der Waals surface area contributed by atoms with Crippen molar-refractivity contribution in [2.75, 3.05) is 11.1 Å². The fraction of sp³-hybridized carbons (Fsp3) is 0.474. The molecule has 3 rings (SSSR count). The molecule has 0 aliphatic heterocycles. The molecule has 0 atom stereocenters. The zero-order valence-electron chi connectivity index (χ0n) is 14.1. The highest BCUT2D eigenvalue weighted by atomic mass is 32.2. The number of thiazole rings is 1. The molecule has 1 N–H and O–H groups in total. The van der Waals surface area contributed by atoms with E-state index in [2.05, 4.69) is 12.2 Å². The Morgan fingerprint density at radius 2 is 2.04 bits per heavy atom. The van der Waals surface area contributed by atoms with E-state index in [-0.39, 0.29) is 5.91 Å². The van der Waals surface area contributed by atoms with Crippen LogP contribution in [0.2, 0.25) is 0 Å². The Morgan fingerprint density at radius 3 is 2.75 bits per heavy atom. The number of hydrogen-bond acceptors (Lipinski definition) is 4. The van der Waals surface area contributed by atoms with Crippen LogP contribution in [0.5, 0.6) is 0 Å². The first-order chi connectivity index (χ1) is 11.8. The highest BCUT2D eigenvalue weighted by Gasteiger charge is 2.18. The number of carbonyl (C=O) groups is 1. The second kappa shape index (κ2) is 8.67. The Morgan fingerprint density at radius 1 is 1.29 bits per heavy atom. The SMILES string of the molecule is CCSc1nc(-c2ccccc2)c(NC(=O)CCC2CCCC2)s1. The Labute approximate surface area is 152 Å². The van der Waals surface area contributed by atoms with E-state index < -0.39 is 0 Å². The van der Waals surface area contributed by atoms with Crippen molar-refractivity contribution in [3.8, 4) is 11.3 Å². The quantitative estimate of drug-likeness (QED) is 0.632. The predicted molar refractivity (Wildman–Crippen MR) is 104 cm³/mol. The number of hydrogen-bond donors (Lipinski definition) is 1. The Balaban J connectivity index is 1.69. The first-order valence-corrected chi connectivity index (χ1v) is 10.6. The van der Waals surface area contributed by atoms with Gasteiger partial charge in [0.15, 0.2) is 4.34 Å². The van der Waals surface area contributed by atoms with Crippen LogP contribution in [0.25, 0.3) is 11.3 Å². The van der Waals surface area contributed by atoms with Gasteiger partial charge in [-0.15, -0.1) is 0 Å². The molecule has 0 radical (unpaired) electrons. The zero-order valence-corrected chi connectivity index (χ0v) is 15.7. The molecule has 1 aliphatic rings. The van der Waals surface area contributed by atoms with Gasteiger partial charge in [-0.1, -0.05) is 86.0 Å². The van der Waals surface area contributed by atoms with Crippen molar-refractivity contribution in [2.45, 2.75) is 49.8 Å². The van der Waals surface area contributed by atoms with E-state index in [1.54, 1.807) is 23.1 Å². The zero-order chi connectivity index (χ0) is 16.8. The van der Waals surface area contributed by atoms with Gasteiger partial charge in [0.2, 0.25) is 5.91 Å². The van der Waals surface area contributed by atoms with Gasteiger partial charge >= 0.3 is 0 Å². The predicted octanol–water partition coefficient (Wildman–Crippen LogP) is 5.83. The number of thioether (sulfide) groups is 1. The van der Waals surface area contributed by atoms with Crippen molar-refractivity contribution in [1.82, 2.24) is 4.98 Å². The normalized spacial score (nSPS) is 14.9. The van der Waals surface area contributed by atoms with Gasteiger partial charge in [-0.2, -0.15) is 0 Å². The van der Waals surface area contributed by atoms with E-state index in [0.29, 0.717) is 6.42 Å². The Bertz CT molecular complexity index is 663. The van der Waals surface area contributed by atoms with Crippen molar-refractivity contribution in [3.05, 3.63) is 30.3 Å². The molecule has 0 unspecified atom stereocenters. The van der Waals surface area contributed by atoms with Crippen LogP contribution in [0.4, 0.5) is 5.00 Å². The lowest BCUT2D eigenvalue weighted by Crippen LogP contribution is -2.12. The molecule has 1 aliphatic carbocycles. The minimum absolute atomic E-state index is 0.121. The molecule has 0 bridgehead atoms. The molecule has 1 amide bonds. The van der Waals surface area contributed by atoms with Gasteiger partial charge in [-0.3, -0.25) is 4.79 Å². The number of aromatic nitrogens is 1. The topological polar surface area (TPSA) is 42.0 Å². The highest BCUT2D eigenvalue weighted by Crippen LogP contribution is 2.37. The Hall–Kier alpha value is -1.33. The van der Waals surface area contributed by atoms with E-state index in [4.69, 9.17) is 4.98 Å². The van der Waals surface area contributed by atoms with E-state index >= 15 is 0 Å². The molecule has 1 saturated carbocycles. The van der Waals surface area contributed by atoms with Crippen LogP contribution in [0, 0.1) is 5.92 Å².